The minimum absolute atomic E-state index is 0.0257. The average Bonchev–Trinajstić information content (AvgIpc) is 2.29. The summed E-state index contributed by atoms with van der Waals surface area (Å²) in [7, 11) is 0. The number of aliphatic imine (C=N–C) groups is 2. The number of hydrogen-bond acceptors (Lipinski definition) is 4. The van der Waals surface area contributed by atoms with Gasteiger partial charge in [-0.1, -0.05) is 0 Å². The van der Waals surface area contributed by atoms with Crippen LogP contribution in [0.4, 0.5) is 0 Å². The highest BCUT2D eigenvalue weighted by atomic mass is 16.1. The number of rotatable bonds is 2. The molecule has 0 heterocycles. The Kier molecular flexibility index (Phi) is 3.66. The highest BCUT2D eigenvalue weighted by Gasteiger charge is 2.35. The van der Waals surface area contributed by atoms with Crippen LogP contribution in [0.1, 0.15) is 32.1 Å². The maximum atomic E-state index is 10.2. The Labute approximate surface area is 94.9 Å². The van der Waals surface area contributed by atoms with Gasteiger partial charge in [0.1, 0.15) is 0 Å². The minimum atomic E-state index is 0.0257. The number of fused-ring (bicyclic) bond motifs is 1. The highest BCUT2D eigenvalue weighted by molar-refractivity contribution is 5.34. The van der Waals surface area contributed by atoms with Gasteiger partial charge in [0.15, 0.2) is 0 Å². The molecule has 0 spiro atoms. The van der Waals surface area contributed by atoms with E-state index in [4.69, 9.17) is 0 Å². The summed E-state index contributed by atoms with van der Waals surface area (Å²) in [6.45, 7) is 0. The lowest BCUT2D eigenvalue weighted by molar-refractivity contribution is 0.192. The van der Waals surface area contributed by atoms with Gasteiger partial charge in [-0.05, 0) is 50.4 Å². The maximum absolute atomic E-state index is 10.2. The van der Waals surface area contributed by atoms with Crippen LogP contribution in [-0.4, -0.2) is 24.2 Å². The zero-order valence-corrected chi connectivity index (χ0v) is 9.13. The van der Waals surface area contributed by atoms with E-state index in [1.807, 2.05) is 0 Å². The van der Waals surface area contributed by atoms with Crippen molar-refractivity contribution in [3.05, 3.63) is 6.42 Å². The van der Waals surface area contributed by atoms with Crippen molar-refractivity contribution in [2.24, 2.45) is 21.8 Å². The zero-order chi connectivity index (χ0) is 11.4. The van der Waals surface area contributed by atoms with E-state index >= 15 is 0 Å². The fraction of sp³-hybridized carbons (Fsp3) is 0.750. The molecular formula is C12H15N2O2. The van der Waals surface area contributed by atoms with Crippen LogP contribution in [0.25, 0.3) is 0 Å². The SMILES string of the molecule is O=C=NC1[CH]C2CC(N=C=O)CCC2CC1. The molecule has 85 valence electrons. The standard InChI is InChI=1S/C12H15N2O2/c15-7-13-11-3-1-9-2-4-12(14-8-16)6-10(9)5-11/h5,9-12H,1-4,6H2. The van der Waals surface area contributed by atoms with Crippen LogP contribution in [0, 0.1) is 18.3 Å². The van der Waals surface area contributed by atoms with Crippen LogP contribution in [0.15, 0.2) is 9.98 Å². The second-order valence-electron chi connectivity index (χ2n) is 4.67. The molecule has 2 rings (SSSR count). The molecule has 0 aromatic rings. The number of nitrogens with zero attached hydrogens (tertiary/aromatic N) is 2. The quantitative estimate of drug-likeness (QED) is 0.525. The second-order valence-corrected chi connectivity index (χ2v) is 4.67. The van der Waals surface area contributed by atoms with Crippen LogP contribution >= 0.6 is 0 Å². The summed E-state index contributed by atoms with van der Waals surface area (Å²) in [5.74, 6) is 1.14. The predicted octanol–water partition coefficient (Wildman–Crippen LogP) is 1.81. The lowest BCUT2D eigenvalue weighted by Crippen LogP contribution is -2.34. The summed E-state index contributed by atoms with van der Waals surface area (Å²) in [5.41, 5.74) is 0. The molecule has 0 N–H and O–H groups in total. The van der Waals surface area contributed by atoms with Crippen molar-refractivity contribution >= 4 is 12.2 Å². The third-order valence-electron chi connectivity index (χ3n) is 3.78. The van der Waals surface area contributed by atoms with E-state index < -0.39 is 0 Å². The Bertz CT molecular complexity index is 311. The Morgan fingerprint density at radius 1 is 1.00 bits per heavy atom. The molecule has 2 aliphatic rings. The smallest absolute Gasteiger partial charge is 0.211 e. The lowest BCUT2D eigenvalue weighted by atomic mass is 9.68. The van der Waals surface area contributed by atoms with Gasteiger partial charge >= 0.3 is 0 Å². The van der Waals surface area contributed by atoms with E-state index in [1.165, 1.54) is 0 Å². The summed E-state index contributed by atoms with van der Waals surface area (Å²) < 4.78 is 0. The molecule has 2 saturated carbocycles. The van der Waals surface area contributed by atoms with Crippen molar-refractivity contribution in [2.45, 2.75) is 44.2 Å². The molecule has 0 aliphatic heterocycles. The van der Waals surface area contributed by atoms with Gasteiger partial charge in [0.05, 0.1) is 12.1 Å². The molecule has 4 unspecified atom stereocenters. The van der Waals surface area contributed by atoms with Crippen LogP contribution in [-0.2, 0) is 9.59 Å². The molecule has 4 nitrogen and oxygen atoms in total. The van der Waals surface area contributed by atoms with Crippen molar-refractivity contribution in [1.82, 2.24) is 0 Å². The summed E-state index contributed by atoms with van der Waals surface area (Å²) in [4.78, 5) is 28.0. The van der Waals surface area contributed by atoms with Crippen LogP contribution in [0.5, 0.6) is 0 Å². The molecule has 1 radical (unpaired) electrons. The molecule has 2 aliphatic carbocycles. The normalized spacial score (nSPS) is 37.8. The van der Waals surface area contributed by atoms with Crippen molar-refractivity contribution in [1.29, 1.82) is 0 Å². The summed E-state index contributed by atoms with van der Waals surface area (Å²) in [6, 6.07) is 0.145. The molecule has 0 aromatic carbocycles. The molecule has 0 saturated heterocycles. The Hall–Kier alpha value is -1.24. The molecule has 4 heteroatoms. The van der Waals surface area contributed by atoms with E-state index in [0.29, 0.717) is 11.8 Å². The van der Waals surface area contributed by atoms with E-state index in [9.17, 15) is 9.59 Å². The largest absolute Gasteiger partial charge is 0.235 e. The first kappa shape index (κ1) is 11.3. The average molecular weight is 219 g/mol. The third kappa shape index (κ3) is 2.46. The van der Waals surface area contributed by atoms with Gasteiger partial charge < -0.3 is 0 Å². The van der Waals surface area contributed by atoms with Gasteiger partial charge in [-0.3, -0.25) is 0 Å². The summed E-state index contributed by atoms with van der Waals surface area (Å²) >= 11 is 0. The first-order valence-electron chi connectivity index (χ1n) is 5.82. The lowest BCUT2D eigenvalue weighted by Gasteiger charge is -2.39. The summed E-state index contributed by atoms with van der Waals surface area (Å²) in [6.07, 6.45) is 10.5. The molecule has 0 aromatic heterocycles. The predicted molar refractivity (Wildman–Crippen MR) is 58.2 cm³/mol. The van der Waals surface area contributed by atoms with Crippen molar-refractivity contribution in [3.8, 4) is 0 Å². The van der Waals surface area contributed by atoms with Crippen molar-refractivity contribution < 1.29 is 9.59 Å². The Morgan fingerprint density at radius 2 is 1.75 bits per heavy atom. The molecule has 16 heavy (non-hydrogen) atoms. The van der Waals surface area contributed by atoms with E-state index in [2.05, 4.69) is 16.4 Å². The molecule has 2 fully saturated rings. The number of carbonyl (C=O) groups excluding carboxylic acids is 2. The number of isocyanates is 2. The van der Waals surface area contributed by atoms with E-state index in [-0.39, 0.29) is 12.1 Å². The fourth-order valence-corrected chi connectivity index (χ4v) is 2.97. The van der Waals surface area contributed by atoms with Crippen LogP contribution in [0.3, 0.4) is 0 Å². The molecule has 0 bridgehead atoms. The van der Waals surface area contributed by atoms with Crippen molar-refractivity contribution in [2.75, 3.05) is 0 Å². The van der Waals surface area contributed by atoms with Gasteiger partial charge in [-0.25, -0.2) is 19.6 Å². The Morgan fingerprint density at radius 3 is 2.50 bits per heavy atom. The van der Waals surface area contributed by atoms with Crippen molar-refractivity contribution in [3.63, 3.8) is 0 Å². The third-order valence-corrected chi connectivity index (χ3v) is 3.78. The van der Waals surface area contributed by atoms with E-state index in [0.717, 1.165) is 32.1 Å². The number of hydrogen-bond donors (Lipinski definition) is 0. The molecule has 0 amide bonds. The molecule has 4 atom stereocenters. The highest BCUT2D eigenvalue weighted by Crippen LogP contribution is 2.41. The fourth-order valence-electron chi connectivity index (χ4n) is 2.97. The first-order valence-corrected chi connectivity index (χ1v) is 5.82. The summed E-state index contributed by atoms with van der Waals surface area (Å²) in [5, 5.41) is 0. The first-order chi connectivity index (χ1) is 7.83. The Balaban J connectivity index is 1.97. The monoisotopic (exact) mass is 219 g/mol. The van der Waals surface area contributed by atoms with E-state index in [1.54, 1.807) is 12.2 Å². The van der Waals surface area contributed by atoms with Crippen LogP contribution < -0.4 is 0 Å². The van der Waals surface area contributed by atoms with Gasteiger partial charge in [0, 0.05) is 0 Å². The topological polar surface area (TPSA) is 58.9 Å². The van der Waals surface area contributed by atoms with Gasteiger partial charge in [-0.2, -0.15) is 0 Å². The van der Waals surface area contributed by atoms with Crippen LogP contribution in [0.2, 0.25) is 0 Å². The van der Waals surface area contributed by atoms with Gasteiger partial charge in [-0.15, -0.1) is 0 Å². The second kappa shape index (κ2) is 5.20. The van der Waals surface area contributed by atoms with Gasteiger partial charge in [0.25, 0.3) is 0 Å². The zero-order valence-electron chi connectivity index (χ0n) is 9.13. The minimum Gasteiger partial charge on any atom is -0.211 e. The van der Waals surface area contributed by atoms with Gasteiger partial charge in [0.2, 0.25) is 12.2 Å². The molecular weight excluding hydrogens is 204 g/mol. The maximum Gasteiger partial charge on any atom is 0.235 e.